The second kappa shape index (κ2) is 8.83. The first-order valence-electron chi connectivity index (χ1n) is 10.7. The molecule has 0 N–H and O–H groups in total. The van der Waals surface area contributed by atoms with Crippen molar-refractivity contribution in [2.75, 3.05) is 20.5 Å². The van der Waals surface area contributed by atoms with Crippen LogP contribution in [0.1, 0.15) is 31.0 Å². The van der Waals surface area contributed by atoms with E-state index in [9.17, 15) is 9.59 Å². The highest BCUT2D eigenvalue weighted by Gasteiger charge is 2.34. The van der Waals surface area contributed by atoms with Crippen LogP contribution in [0.5, 0.6) is 17.2 Å². The number of benzene rings is 2. The number of carbonyl (C=O) groups excluding carboxylic acids is 1. The van der Waals surface area contributed by atoms with Crippen molar-refractivity contribution in [1.29, 1.82) is 0 Å². The van der Waals surface area contributed by atoms with Crippen LogP contribution in [0.2, 0.25) is 0 Å². The standard InChI is InChI=1S/C25H22N2O6S/c1-4-31-24(29)21-14(2)26-25-27(22(21)16-7-10-18-19(12-16)33-13-32-18)23(28)20(34-25)11-15-5-8-17(30-3)9-6-15/h5-12,22H,4,13H2,1-3H3/b20-11-/t22-/m0/s1. The van der Waals surface area contributed by atoms with E-state index < -0.39 is 12.0 Å². The minimum atomic E-state index is -0.706. The molecule has 34 heavy (non-hydrogen) atoms. The maximum atomic E-state index is 13.6. The third kappa shape index (κ3) is 3.77. The van der Waals surface area contributed by atoms with Crippen LogP contribution in [0.4, 0.5) is 0 Å². The van der Waals surface area contributed by atoms with Crippen LogP contribution >= 0.6 is 11.3 Å². The molecule has 3 heterocycles. The van der Waals surface area contributed by atoms with Gasteiger partial charge in [-0.25, -0.2) is 9.79 Å². The van der Waals surface area contributed by atoms with Crippen molar-refractivity contribution in [1.82, 2.24) is 4.57 Å². The van der Waals surface area contributed by atoms with Crippen LogP contribution in [0, 0.1) is 0 Å². The van der Waals surface area contributed by atoms with E-state index in [4.69, 9.17) is 18.9 Å². The van der Waals surface area contributed by atoms with Crippen LogP contribution in [0.25, 0.3) is 6.08 Å². The zero-order valence-corrected chi connectivity index (χ0v) is 19.7. The van der Waals surface area contributed by atoms with E-state index in [1.54, 1.807) is 37.7 Å². The lowest BCUT2D eigenvalue weighted by molar-refractivity contribution is -0.139. The molecule has 0 bridgehead atoms. The molecule has 3 aromatic rings. The van der Waals surface area contributed by atoms with E-state index in [2.05, 4.69) is 4.99 Å². The number of carbonyl (C=O) groups is 1. The third-order valence-electron chi connectivity index (χ3n) is 5.64. The number of methoxy groups -OCH3 is 1. The second-order valence-electron chi connectivity index (χ2n) is 7.69. The first-order valence-corrected chi connectivity index (χ1v) is 11.5. The van der Waals surface area contributed by atoms with Gasteiger partial charge in [-0.1, -0.05) is 29.5 Å². The second-order valence-corrected chi connectivity index (χ2v) is 8.70. The van der Waals surface area contributed by atoms with Gasteiger partial charge in [-0.2, -0.15) is 0 Å². The van der Waals surface area contributed by atoms with Gasteiger partial charge in [0.05, 0.1) is 35.6 Å². The van der Waals surface area contributed by atoms with Gasteiger partial charge in [0.25, 0.3) is 5.56 Å². The van der Waals surface area contributed by atoms with Crippen molar-refractivity contribution in [3.05, 3.63) is 84.5 Å². The van der Waals surface area contributed by atoms with Crippen LogP contribution in [0.3, 0.4) is 0 Å². The van der Waals surface area contributed by atoms with Crippen LogP contribution < -0.4 is 29.1 Å². The number of ether oxygens (including phenoxy) is 4. The lowest BCUT2D eigenvalue weighted by Gasteiger charge is -2.24. The molecule has 0 fully saturated rings. The molecule has 0 saturated carbocycles. The molecule has 0 saturated heterocycles. The normalized spacial score (nSPS) is 16.8. The summed E-state index contributed by atoms with van der Waals surface area (Å²) in [5.74, 6) is 1.41. The number of esters is 1. The quantitative estimate of drug-likeness (QED) is 0.524. The molecule has 0 spiro atoms. The highest BCUT2D eigenvalue weighted by Crippen LogP contribution is 2.38. The Balaban J connectivity index is 1.69. The topological polar surface area (TPSA) is 88.4 Å². The summed E-state index contributed by atoms with van der Waals surface area (Å²) in [7, 11) is 1.60. The first kappa shape index (κ1) is 22.0. The minimum Gasteiger partial charge on any atom is -0.497 e. The van der Waals surface area contributed by atoms with Crippen molar-refractivity contribution >= 4 is 23.4 Å². The molecule has 2 aromatic carbocycles. The van der Waals surface area contributed by atoms with Gasteiger partial charge >= 0.3 is 5.97 Å². The molecule has 0 aliphatic carbocycles. The fraction of sp³-hybridized carbons (Fsp3) is 0.240. The lowest BCUT2D eigenvalue weighted by Crippen LogP contribution is -2.39. The Morgan fingerprint density at radius 2 is 1.97 bits per heavy atom. The molecule has 0 amide bonds. The Morgan fingerprint density at radius 1 is 1.21 bits per heavy atom. The Labute approximate surface area is 199 Å². The summed E-state index contributed by atoms with van der Waals surface area (Å²) in [6.45, 7) is 3.84. The van der Waals surface area contributed by atoms with E-state index in [0.29, 0.717) is 37.7 Å². The molecule has 174 valence electrons. The summed E-state index contributed by atoms with van der Waals surface area (Å²) in [4.78, 5) is 31.7. The average molecular weight is 479 g/mol. The van der Waals surface area contributed by atoms with Crippen LogP contribution in [0.15, 0.2) is 63.5 Å². The van der Waals surface area contributed by atoms with Crippen molar-refractivity contribution in [3.8, 4) is 17.2 Å². The van der Waals surface area contributed by atoms with Crippen molar-refractivity contribution < 1.29 is 23.7 Å². The number of fused-ring (bicyclic) bond motifs is 2. The maximum Gasteiger partial charge on any atom is 0.338 e. The smallest absolute Gasteiger partial charge is 0.338 e. The summed E-state index contributed by atoms with van der Waals surface area (Å²) in [6.07, 6.45) is 1.81. The molecule has 8 nitrogen and oxygen atoms in total. The SMILES string of the molecule is CCOC(=O)C1=C(C)N=c2s/c(=C\c3ccc(OC)cc3)c(=O)n2[C@H]1c1ccc2c(c1)OCO2. The monoisotopic (exact) mass is 478 g/mol. The highest BCUT2D eigenvalue weighted by atomic mass is 32.1. The fourth-order valence-corrected chi connectivity index (χ4v) is 5.09. The van der Waals surface area contributed by atoms with Gasteiger partial charge in [-0.3, -0.25) is 9.36 Å². The number of rotatable bonds is 5. The summed E-state index contributed by atoms with van der Waals surface area (Å²) in [5.41, 5.74) is 2.16. The van der Waals surface area contributed by atoms with Gasteiger partial charge in [0, 0.05) is 0 Å². The van der Waals surface area contributed by atoms with Gasteiger partial charge in [-0.15, -0.1) is 0 Å². The molecule has 2 aliphatic rings. The summed E-state index contributed by atoms with van der Waals surface area (Å²) >= 11 is 1.28. The molecular weight excluding hydrogens is 456 g/mol. The summed E-state index contributed by atoms with van der Waals surface area (Å²) in [5, 5.41) is 0. The zero-order chi connectivity index (χ0) is 23.8. The molecule has 9 heteroatoms. The van der Waals surface area contributed by atoms with E-state index >= 15 is 0 Å². The molecule has 5 rings (SSSR count). The van der Waals surface area contributed by atoms with Gasteiger partial charge < -0.3 is 18.9 Å². The summed E-state index contributed by atoms with van der Waals surface area (Å²) in [6, 6.07) is 12.1. The van der Waals surface area contributed by atoms with Crippen molar-refractivity contribution in [2.24, 2.45) is 4.99 Å². The number of allylic oxidation sites excluding steroid dienone is 1. The first-order chi connectivity index (χ1) is 16.5. The van der Waals surface area contributed by atoms with Crippen molar-refractivity contribution in [2.45, 2.75) is 19.9 Å². The maximum absolute atomic E-state index is 13.6. The highest BCUT2D eigenvalue weighted by molar-refractivity contribution is 7.07. The molecule has 0 radical (unpaired) electrons. The van der Waals surface area contributed by atoms with Gasteiger partial charge in [0.2, 0.25) is 6.79 Å². The molecule has 2 aliphatic heterocycles. The van der Waals surface area contributed by atoms with Gasteiger partial charge in [-0.05, 0) is 55.3 Å². The van der Waals surface area contributed by atoms with E-state index in [-0.39, 0.29) is 19.0 Å². The molecular formula is C25H22N2O6S. The lowest BCUT2D eigenvalue weighted by atomic mass is 9.95. The Kier molecular flexibility index (Phi) is 5.70. The van der Waals surface area contributed by atoms with E-state index in [1.807, 2.05) is 36.4 Å². The minimum absolute atomic E-state index is 0.128. The Morgan fingerprint density at radius 3 is 2.71 bits per heavy atom. The number of nitrogens with zero attached hydrogens (tertiary/aromatic N) is 2. The predicted octanol–water partition coefficient (Wildman–Crippen LogP) is 2.54. The number of hydrogen-bond acceptors (Lipinski definition) is 8. The molecule has 1 atom stereocenters. The zero-order valence-electron chi connectivity index (χ0n) is 18.9. The van der Waals surface area contributed by atoms with E-state index in [1.165, 1.54) is 11.3 Å². The largest absolute Gasteiger partial charge is 0.497 e. The fourth-order valence-electron chi connectivity index (χ4n) is 4.04. The van der Waals surface area contributed by atoms with Gasteiger partial charge in [0.1, 0.15) is 5.75 Å². The van der Waals surface area contributed by atoms with Crippen LogP contribution in [-0.2, 0) is 9.53 Å². The number of hydrogen-bond donors (Lipinski definition) is 0. The van der Waals surface area contributed by atoms with E-state index in [0.717, 1.165) is 11.3 Å². The predicted molar refractivity (Wildman–Crippen MR) is 126 cm³/mol. The Hall–Kier alpha value is -3.85. The third-order valence-corrected chi connectivity index (χ3v) is 6.63. The summed E-state index contributed by atoms with van der Waals surface area (Å²) < 4.78 is 23.6. The number of thiazole rings is 1. The number of aromatic nitrogens is 1. The van der Waals surface area contributed by atoms with Crippen molar-refractivity contribution in [3.63, 3.8) is 0 Å². The molecule has 0 unspecified atom stereocenters. The Bertz CT molecular complexity index is 1480. The van der Waals surface area contributed by atoms with Crippen LogP contribution in [-0.4, -0.2) is 31.0 Å². The average Bonchev–Trinajstić information content (AvgIpc) is 3.42. The van der Waals surface area contributed by atoms with Gasteiger partial charge in [0.15, 0.2) is 16.3 Å². The molecule has 1 aromatic heterocycles.